The van der Waals surface area contributed by atoms with Gasteiger partial charge in [0.05, 0.1) is 29.6 Å². The number of esters is 1. The SMILES string of the molecule is CCNCc1ccc(N=C(c2cccnc2)c2c(O)[nH]c3cc(C(=O)OC)ccc23)cc1. The second kappa shape index (κ2) is 9.45. The highest BCUT2D eigenvalue weighted by Crippen LogP contribution is 2.32. The first kappa shape index (κ1) is 21.3. The first-order valence-electron chi connectivity index (χ1n) is 10.3. The zero-order chi connectivity index (χ0) is 22.5. The van der Waals surface area contributed by atoms with Crippen molar-refractivity contribution in [2.24, 2.45) is 4.99 Å². The highest BCUT2D eigenvalue weighted by molar-refractivity contribution is 6.22. The lowest BCUT2D eigenvalue weighted by atomic mass is 10.0. The number of carbonyl (C=O) groups excluding carboxylic acids is 1. The molecule has 0 saturated carbocycles. The van der Waals surface area contributed by atoms with E-state index in [1.807, 2.05) is 36.4 Å². The first-order chi connectivity index (χ1) is 15.6. The Morgan fingerprint density at radius 2 is 1.97 bits per heavy atom. The Hall–Kier alpha value is -3.97. The molecule has 0 bridgehead atoms. The number of benzene rings is 2. The number of H-pyrrole nitrogens is 1. The van der Waals surface area contributed by atoms with Crippen molar-refractivity contribution in [3.8, 4) is 5.88 Å². The van der Waals surface area contributed by atoms with Gasteiger partial charge in [-0.05, 0) is 48.5 Å². The minimum Gasteiger partial charge on any atom is -0.494 e. The molecule has 0 aliphatic heterocycles. The van der Waals surface area contributed by atoms with Gasteiger partial charge in [-0.25, -0.2) is 9.79 Å². The van der Waals surface area contributed by atoms with Crippen molar-refractivity contribution < 1.29 is 14.6 Å². The Morgan fingerprint density at radius 1 is 1.16 bits per heavy atom. The summed E-state index contributed by atoms with van der Waals surface area (Å²) in [5.41, 5.74) is 4.80. The Bertz CT molecular complexity index is 1260. The second-order valence-electron chi connectivity index (χ2n) is 7.25. The molecular weight excluding hydrogens is 404 g/mol. The minimum atomic E-state index is -0.443. The zero-order valence-corrected chi connectivity index (χ0v) is 17.9. The highest BCUT2D eigenvalue weighted by Gasteiger charge is 2.20. The fraction of sp³-hybridized carbons (Fsp3) is 0.160. The maximum atomic E-state index is 11.9. The van der Waals surface area contributed by atoms with Gasteiger partial charge in [-0.1, -0.05) is 25.1 Å². The first-order valence-corrected chi connectivity index (χ1v) is 10.3. The fourth-order valence-electron chi connectivity index (χ4n) is 3.52. The number of nitrogens with one attached hydrogen (secondary N) is 2. The molecule has 162 valence electrons. The number of carbonyl (C=O) groups is 1. The number of ether oxygens (including phenoxy) is 1. The number of aromatic nitrogens is 2. The molecule has 0 atom stereocenters. The third kappa shape index (κ3) is 4.38. The predicted molar refractivity (Wildman–Crippen MR) is 125 cm³/mol. The molecule has 0 unspecified atom stereocenters. The molecular formula is C25H24N4O3. The van der Waals surface area contributed by atoms with Gasteiger partial charge >= 0.3 is 5.97 Å². The molecule has 0 aliphatic carbocycles. The summed E-state index contributed by atoms with van der Waals surface area (Å²) in [5, 5.41) is 14.8. The summed E-state index contributed by atoms with van der Waals surface area (Å²) in [6.45, 7) is 3.77. The number of aliphatic imine (C=N–C) groups is 1. The lowest BCUT2D eigenvalue weighted by Crippen LogP contribution is -2.11. The number of fused-ring (bicyclic) bond motifs is 1. The zero-order valence-electron chi connectivity index (χ0n) is 17.9. The fourth-order valence-corrected chi connectivity index (χ4v) is 3.52. The molecule has 0 radical (unpaired) electrons. The van der Waals surface area contributed by atoms with Crippen LogP contribution in [0.3, 0.4) is 0 Å². The van der Waals surface area contributed by atoms with Crippen LogP contribution in [0.15, 0.2) is 72.0 Å². The van der Waals surface area contributed by atoms with E-state index in [4.69, 9.17) is 9.73 Å². The molecule has 0 fully saturated rings. The van der Waals surface area contributed by atoms with E-state index in [9.17, 15) is 9.90 Å². The van der Waals surface area contributed by atoms with E-state index in [0.717, 1.165) is 29.7 Å². The number of hydrogen-bond donors (Lipinski definition) is 3. The summed E-state index contributed by atoms with van der Waals surface area (Å²) < 4.78 is 4.80. The van der Waals surface area contributed by atoms with E-state index in [-0.39, 0.29) is 5.88 Å². The monoisotopic (exact) mass is 428 g/mol. The Kier molecular flexibility index (Phi) is 6.28. The van der Waals surface area contributed by atoms with Crippen LogP contribution in [0.1, 0.15) is 34.0 Å². The van der Waals surface area contributed by atoms with E-state index < -0.39 is 5.97 Å². The van der Waals surface area contributed by atoms with Crippen LogP contribution >= 0.6 is 0 Å². The van der Waals surface area contributed by atoms with Crippen molar-refractivity contribution in [2.45, 2.75) is 13.5 Å². The number of rotatable bonds is 7. The maximum absolute atomic E-state index is 11.9. The topological polar surface area (TPSA) is 99.6 Å². The van der Waals surface area contributed by atoms with Crippen molar-refractivity contribution in [3.05, 3.63) is 89.2 Å². The van der Waals surface area contributed by atoms with Gasteiger partial charge in [0.1, 0.15) is 0 Å². The van der Waals surface area contributed by atoms with Crippen LogP contribution < -0.4 is 5.32 Å². The third-order valence-corrected chi connectivity index (χ3v) is 5.13. The average molecular weight is 428 g/mol. The second-order valence-corrected chi connectivity index (χ2v) is 7.25. The summed E-state index contributed by atoms with van der Waals surface area (Å²) in [4.78, 5) is 23.9. The van der Waals surface area contributed by atoms with Crippen LogP contribution in [0.5, 0.6) is 5.88 Å². The summed E-state index contributed by atoms with van der Waals surface area (Å²) in [6.07, 6.45) is 3.40. The van der Waals surface area contributed by atoms with Gasteiger partial charge in [-0.3, -0.25) is 4.98 Å². The summed E-state index contributed by atoms with van der Waals surface area (Å²) in [5.74, 6) is -0.477. The number of hydrogen-bond acceptors (Lipinski definition) is 6. The van der Waals surface area contributed by atoms with Gasteiger partial charge < -0.3 is 20.1 Å². The van der Waals surface area contributed by atoms with E-state index in [2.05, 4.69) is 22.2 Å². The largest absolute Gasteiger partial charge is 0.494 e. The molecule has 2 aromatic heterocycles. The molecule has 4 rings (SSSR count). The number of pyridine rings is 1. The van der Waals surface area contributed by atoms with Gasteiger partial charge in [0.25, 0.3) is 0 Å². The van der Waals surface area contributed by atoms with Crippen molar-refractivity contribution >= 4 is 28.3 Å². The van der Waals surface area contributed by atoms with Crippen molar-refractivity contribution in [3.63, 3.8) is 0 Å². The molecule has 0 aliphatic rings. The van der Waals surface area contributed by atoms with Crippen molar-refractivity contribution in [2.75, 3.05) is 13.7 Å². The molecule has 7 nitrogen and oxygen atoms in total. The molecule has 4 aromatic rings. The van der Waals surface area contributed by atoms with Crippen LogP contribution in [0, 0.1) is 0 Å². The van der Waals surface area contributed by atoms with Crippen LogP contribution in [-0.2, 0) is 11.3 Å². The highest BCUT2D eigenvalue weighted by atomic mass is 16.5. The normalized spacial score (nSPS) is 11.6. The predicted octanol–water partition coefficient (Wildman–Crippen LogP) is 4.33. The van der Waals surface area contributed by atoms with E-state index in [1.165, 1.54) is 12.7 Å². The number of aromatic hydroxyl groups is 1. The number of aromatic amines is 1. The van der Waals surface area contributed by atoms with Gasteiger partial charge in [0.2, 0.25) is 0 Å². The maximum Gasteiger partial charge on any atom is 0.337 e. The quantitative estimate of drug-likeness (QED) is 0.300. The lowest BCUT2D eigenvalue weighted by Gasteiger charge is -2.08. The van der Waals surface area contributed by atoms with Crippen molar-refractivity contribution in [1.82, 2.24) is 15.3 Å². The third-order valence-electron chi connectivity index (χ3n) is 5.13. The van der Waals surface area contributed by atoms with Gasteiger partial charge in [0.15, 0.2) is 5.88 Å². The molecule has 32 heavy (non-hydrogen) atoms. The van der Waals surface area contributed by atoms with E-state index in [1.54, 1.807) is 30.6 Å². The van der Waals surface area contributed by atoms with Gasteiger partial charge in [-0.2, -0.15) is 0 Å². The van der Waals surface area contributed by atoms with E-state index >= 15 is 0 Å². The minimum absolute atomic E-state index is 0.0339. The Morgan fingerprint density at radius 3 is 2.66 bits per heavy atom. The molecule has 2 heterocycles. The van der Waals surface area contributed by atoms with Crippen LogP contribution in [-0.4, -0.2) is 40.4 Å². The van der Waals surface area contributed by atoms with Crippen LogP contribution in [0.4, 0.5) is 5.69 Å². The summed E-state index contributed by atoms with van der Waals surface area (Å²) in [7, 11) is 1.33. The summed E-state index contributed by atoms with van der Waals surface area (Å²) >= 11 is 0. The van der Waals surface area contributed by atoms with Gasteiger partial charge in [0, 0.05) is 35.4 Å². The average Bonchev–Trinajstić information content (AvgIpc) is 3.16. The van der Waals surface area contributed by atoms with Crippen LogP contribution in [0.25, 0.3) is 10.9 Å². The Balaban J connectivity index is 1.83. The number of methoxy groups -OCH3 is 1. The summed E-state index contributed by atoms with van der Waals surface area (Å²) in [6, 6.07) is 16.8. The van der Waals surface area contributed by atoms with Crippen LogP contribution in [0.2, 0.25) is 0 Å². The smallest absolute Gasteiger partial charge is 0.337 e. The van der Waals surface area contributed by atoms with E-state index in [0.29, 0.717) is 22.4 Å². The Labute approximate surface area is 185 Å². The molecule has 7 heteroatoms. The molecule has 0 saturated heterocycles. The molecule has 0 spiro atoms. The number of nitrogens with zero attached hydrogens (tertiary/aromatic N) is 2. The molecule has 2 aromatic carbocycles. The lowest BCUT2D eigenvalue weighted by molar-refractivity contribution is 0.0601. The molecule has 3 N–H and O–H groups in total. The van der Waals surface area contributed by atoms with Crippen molar-refractivity contribution in [1.29, 1.82) is 0 Å². The molecule has 0 amide bonds. The van der Waals surface area contributed by atoms with Gasteiger partial charge in [-0.15, -0.1) is 0 Å². The standard InChI is InChI=1S/C25H24N4O3/c1-3-26-14-16-6-9-19(10-7-16)28-23(18-5-4-12-27-15-18)22-20-11-8-17(25(31)32-2)13-21(20)29-24(22)30/h4-13,15,26,29-30H,3,14H2,1-2H3.